The first kappa shape index (κ1) is 16.0. The lowest BCUT2D eigenvalue weighted by Gasteiger charge is -2.25. The number of carbonyl (C=O) groups excluding carboxylic acids is 1. The molecular formula is C17H25NO3. The van der Waals surface area contributed by atoms with E-state index in [9.17, 15) is 4.79 Å². The first-order valence-electron chi connectivity index (χ1n) is 7.76. The van der Waals surface area contributed by atoms with Gasteiger partial charge in [-0.3, -0.25) is 4.79 Å². The van der Waals surface area contributed by atoms with Crippen LogP contribution in [0.15, 0.2) is 30.3 Å². The summed E-state index contributed by atoms with van der Waals surface area (Å²) in [5, 5.41) is 0. The lowest BCUT2D eigenvalue weighted by atomic mass is 10.2. The Labute approximate surface area is 127 Å². The first-order chi connectivity index (χ1) is 10.2. The topological polar surface area (TPSA) is 38.8 Å². The molecule has 1 fully saturated rings. The van der Waals surface area contributed by atoms with Gasteiger partial charge < -0.3 is 14.4 Å². The van der Waals surface area contributed by atoms with Crippen LogP contribution in [-0.2, 0) is 20.8 Å². The van der Waals surface area contributed by atoms with E-state index < -0.39 is 6.10 Å². The van der Waals surface area contributed by atoms with Crippen molar-refractivity contribution in [3.63, 3.8) is 0 Å². The summed E-state index contributed by atoms with van der Waals surface area (Å²) >= 11 is 0. The molecule has 0 N–H and O–H groups in total. The van der Waals surface area contributed by atoms with Crippen molar-refractivity contribution in [3.8, 4) is 0 Å². The zero-order valence-corrected chi connectivity index (χ0v) is 13.0. The number of amides is 1. The van der Waals surface area contributed by atoms with Crippen LogP contribution in [-0.4, -0.2) is 42.8 Å². The fourth-order valence-electron chi connectivity index (χ4n) is 2.51. The van der Waals surface area contributed by atoms with E-state index in [1.807, 2.05) is 49.1 Å². The molecule has 0 bridgehead atoms. The fourth-order valence-corrected chi connectivity index (χ4v) is 2.51. The van der Waals surface area contributed by atoms with Crippen molar-refractivity contribution in [1.29, 1.82) is 0 Å². The van der Waals surface area contributed by atoms with E-state index in [2.05, 4.69) is 0 Å². The van der Waals surface area contributed by atoms with Crippen LogP contribution in [0.25, 0.3) is 0 Å². The summed E-state index contributed by atoms with van der Waals surface area (Å²) in [7, 11) is 0. The van der Waals surface area contributed by atoms with Gasteiger partial charge in [0.05, 0.1) is 12.7 Å². The van der Waals surface area contributed by atoms with Crippen LogP contribution in [0.4, 0.5) is 0 Å². The predicted molar refractivity (Wildman–Crippen MR) is 81.9 cm³/mol. The molecule has 2 atom stereocenters. The van der Waals surface area contributed by atoms with E-state index >= 15 is 0 Å². The van der Waals surface area contributed by atoms with E-state index in [0.717, 1.165) is 25.0 Å². The molecule has 116 valence electrons. The summed E-state index contributed by atoms with van der Waals surface area (Å²) in [6.07, 6.45) is 1.86. The SMILES string of the molecule is CCN(Cc1ccccc1)C(=O)C(C)OCC1CCCO1. The molecule has 1 aromatic carbocycles. The average Bonchev–Trinajstić information content (AvgIpc) is 3.04. The minimum Gasteiger partial charge on any atom is -0.376 e. The molecule has 1 aromatic rings. The summed E-state index contributed by atoms with van der Waals surface area (Å²) in [5.41, 5.74) is 1.14. The number of benzene rings is 1. The standard InChI is InChI=1S/C17H25NO3/c1-3-18(12-15-8-5-4-6-9-15)17(19)14(2)21-13-16-10-7-11-20-16/h4-6,8-9,14,16H,3,7,10-13H2,1-2H3. The summed E-state index contributed by atoms with van der Waals surface area (Å²) in [6.45, 7) is 6.45. The predicted octanol–water partition coefficient (Wildman–Crippen LogP) is 2.62. The van der Waals surface area contributed by atoms with Crippen molar-refractivity contribution in [1.82, 2.24) is 4.90 Å². The van der Waals surface area contributed by atoms with Crippen LogP contribution in [0.2, 0.25) is 0 Å². The number of likely N-dealkylation sites (N-methyl/N-ethyl adjacent to an activating group) is 1. The quantitative estimate of drug-likeness (QED) is 0.775. The highest BCUT2D eigenvalue weighted by Crippen LogP contribution is 2.14. The van der Waals surface area contributed by atoms with Gasteiger partial charge in [-0.15, -0.1) is 0 Å². The number of hydrogen-bond acceptors (Lipinski definition) is 3. The van der Waals surface area contributed by atoms with Crippen molar-refractivity contribution in [2.75, 3.05) is 19.8 Å². The number of ether oxygens (including phenoxy) is 2. The van der Waals surface area contributed by atoms with Gasteiger partial charge in [0.1, 0.15) is 6.10 Å². The molecule has 0 radical (unpaired) electrons. The van der Waals surface area contributed by atoms with Crippen LogP contribution in [0.5, 0.6) is 0 Å². The third-order valence-electron chi connectivity index (χ3n) is 3.81. The first-order valence-corrected chi connectivity index (χ1v) is 7.76. The minimum atomic E-state index is -0.419. The van der Waals surface area contributed by atoms with Crippen LogP contribution in [0.1, 0.15) is 32.3 Å². The van der Waals surface area contributed by atoms with Gasteiger partial charge in [-0.2, -0.15) is 0 Å². The smallest absolute Gasteiger partial charge is 0.251 e. The number of nitrogens with zero attached hydrogens (tertiary/aromatic N) is 1. The van der Waals surface area contributed by atoms with Gasteiger partial charge in [0.15, 0.2) is 0 Å². The van der Waals surface area contributed by atoms with Crippen molar-refractivity contribution in [3.05, 3.63) is 35.9 Å². The second kappa shape index (κ2) is 8.15. The number of rotatable bonds is 7. The molecule has 0 spiro atoms. The van der Waals surface area contributed by atoms with E-state index in [1.165, 1.54) is 0 Å². The molecule has 0 saturated carbocycles. The summed E-state index contributed by atoms with van der Waals surface area (Å²) in [4.78, 5) is 14.3. The van der Waals surface area contributed by atoms with Gasteiger partial charge in [-0.25, -0.2) is 0 Å². The summed E-state index contributed by atoms with van der Waals surface area (Å²) in [5.74, 6) is 0.0411. The summed E-state index contributed by atoms with van der Waals surface area (Å²) in [6, 6.07) is 10.0. The van der Waals surface area contributed by atoms with Crippen molar-refractivity contribution in [2.24, 2.45) is 0 Å². The Morgan fingerprint density at radius 1 is 1.43 bits per heavy atom. The zero-order valence-electron chi connectivity index (χ0n) is 13.0. The van der Waals surface area contributed by atoms with Crippen molar-refractivity contribution >= 4 is 5.91 Å². The lowest BCUT2D eigenvalue weighted by Crippen LogP contribution is -2.39. The molecule has 1 amide bonds. The third kappa shape index (κ3) is 4.83. The van der Waals surface area contributed by atoms with Gasteiger partial charge in [0, 0.05) is 19.7 Å². The van der Waals surface area contributed by atoms with Gasteiger partial charge in [-0.1, -0.05) is 30.3 Å². The average molecular weight is 291 g/mol. The Balaban J connectivity index is 1.83. The third-order valence-corrected chi connectivity index (χ3v) is 3.81. The van der Waals surface area contributed by atoms with Crippen LogP contribution < -0.4 is 0 Å². The Kier molecular flexibility index (Phi) is 6.21. The normalized spacial score (nSPS) is 19.4. The van der Waals surface area contributed by atoms with E-state index in [4.69, 9.17) is 9.47 Å². The molecule has 0 aromatic heterocycles. The van der Waals surface area contributed by atoms with Crippen molar-refractivity contribution < 1.29 is 14.3 Å². The molecule has 21 heavy (non-hydrogen) atoms. The summed E-state index contributed by atoms with van der Waals surface area (Å²) < 4.78 is 11.2. The molecule has 1 aliphatic heterocycles. The Hall–Kier alpha value is -1.39. The Morgan fingerprint density at radius 2 is 2.19 bits per heavy atom. The molecular weight excluding hydrogens is 266 g/mol. The molecule has 2 rings (SSSR count). The zero-order chi connectivity index (χ0) is 15.1. The van der Waals surface area contributed by atoms with Gasteiger partial charge >= 0.3 is 0 Å². The van der Waals surface area contributed by atoms with Crippen LogP contribution in [0.3, 0.4) is 0 Å². The van der Waals surface area contributed by atoms with Gasteiger partial charge in [-0.05, 0) is 32.3 Å². The monoisotopic (exact) mass is 291 g/mol. The maximum absolute atomic E-state index is 12.4. The number of carbonyl (C=O) groups is 1. The highest BCUT2D eigenvalue weighted by Gasteiger charge is 2.23. The maximum atomic E-state index is 12.4. The second-order valence-electron chi connectivity index (χ2n) is 5.45. The van der Waals surface area contributed by atoms with Crippen LogP contribution in [0, 0.1) is 0 Å². The molecule has 1 saturated heterocycles. The number of hydrogen-bond donors (Lipinski definition) is 0. The highest BCUT2D eigenvalue weighted by atomic mass is 16.5. The Morgan fingerprint density at radius 3 is 2.81 bits per heavy atom. The second-order valence-corrected chi connectivity index (χ2v) is 5.45. The molecule has 2 unspecified atom stereocenters. The van der Waals surface area contributed by atoms with Gasteiger partial charge in [0.2, 0.25) is 0 Å². The molecule has 1 aliphatic rings. The molecule has 0 aliphatic carbocycles. The maximum Gasteiger partial charge on any atom is 0.251 e. The van der Waals surface area contributed by atoms with E-state index in [-0.39, 0.29) is 12.0 Å². The largest absolute Gasteiger partial charge is 0.376 e. The van der Waals surface area contributed by atoms with Crippen LogP contribution >= 0.6 is 0 Å². The van der Waals surface area contributed by atoms with E-state index in [1.54, 1.807) is 0 Å². The van der Waals surface area contributed by atoms with Gasteiger partial charge in [0.25, 0.3) is 5.91 Å². The molecule has 4 nitrogen and oxygen atoms in total. The highest BCUT2D eigenvalue weighted by molar-refractivity contribution is 5.80. The van der Waals surface area contributed by atoms with Crippen molar-refractivity contribution in [2.45, 2.75) is 45.4 Å². The molecule has 4 heteroatoms. The van der Waals surface area contributed by atoms with E-state index in [0.29, 0.717) is 19.7 Å². The minimum absolute atomic E-state index is 0.0411. The fraction of sp³-hybridized carbons (Fsp3) is 0.588. The molecule has 1 heterocycles. The lowest BCUT2D eigenvalue weighted by molar-refractivity contribution is -0.145. The Bertz CT molecular complexity index is 429.